The number of ketones is 2. The highest BCUT2D eigenvalue weighted by atomic mass is 16.6. The maximum absolute atomic E-state index is 12.4. The molecule has 162 valence electrons. The average Bonchev–Trinajstić information content (AvgIpc) is 2.97. The van der Waals surface area contributed by atoms with Crippen LogP contribution in [0, 0.1) is 0 Å². The minimum absolute atomic E-state index is 0.0396. The van der Waals surface area contributed by atoms with Gasteiger partial charge in [0.15, 0.2) is 24.8 Å². The molecule has 0 radical (unpaired) electrons. The van der Waals surface area contributed by atoms with Gasteiger partial charge in [-0.15, -0.1) is 0 Å². The Bertz CT molecular complexity index is 1020. The fourth-order valence-electron chi connectivity index (χ4n) is 3.73. The van der Waals surface area contributed by atoms with Gasteiger partial charge in [-0.2, -0.15) is 0 Å². The Morgan fingerprint density at radius 1 is 1.00 bits per heavy atom. The summed E-state index contributed by atoms with van der Waals surface area (Å²) in [6, 6.07) is 14.6. The first-order valence-electron chi connectivity index (χ1n) is 10.2. The van der Waals surface area contributed by atoms with Crippen molar-refractivity contribution >= 4 is 23.2 Å². The first-order chi connectivity index (χ1) is 14.7. The summed E-state index contributed by atoms with van der Waals surface area (Å²) in [5.74, 6) is -0.441. The van der Waals surface area contributed by atoms with E-state index in [1.54, 1.807) is 31.2 Å². The molecule has 1 heterocycles. The Morgan fingerprint density at radius 2 is 1.68 bits per heavy atom. The van der Waals surface area contributed by atoms with Gasteiger partial charge in [-0.05, 0) is 35.9 Å². The predicted molar refractivity (Wildman–Crippen MR) is 118 cm³/mol. The largest absolute Gasteiger partial charge is 0.482 e. The van der Waals surface area contributed by atoms with Crippen LogP contribution >= 0.6 is 0 Å². The van der Waals surface area contributed by atoms with Crippen molar-refractivity contribution < 1.29 is 23.9 Å². The maximum Gasteiger partial charge on any atom is 0.344 e. The van der Waals surface area contributed by atoms with E-state index in [-0.39, 0.29) is 30.2 Å². The number of allylic oxidation sites excluding steroid dienone is 1. The number of hydrogen-bond acceptors (Lipinski definition) is 6. The zero-order chi connectivity index (χ0) is 22.6. The molecule has 6 heteroatoms. The van der Waals surface area contributed by atoms with Crippen molar-refractivity contribution in [3.8, 4) is 5.75 Å². The van der Waals surface area contributed by atoms with E-state index in [9.17, 15) is 14.4 Å². The lowest BCUT2D eigenvalue weighted by molar-refractivity contribution is -0.148. The highest BCUT2D eigenvalue weighted by Gasteiger charge is 2.38. The molecule has 3 rings (SSSR count). The number of benzene rings is 2. The number of carbonyl (C=O) groups is 3. The van der Waals surface area contributed by atoms with E-state index in [2.05, 4.69) is 19.9 Å². The molecule has 0 unspecified atom stereocenters. The van der Waals surface area contributed by atoms with Crippen LogP contribution in [0.3, 0.4) is 0 Å². The molecule has 0 spiro atoms. The van der Waals surface area contributed by atoms with Crippen LogP contribution in [0.1, 0.15) is 43.1 Å². The SMILES string of the molecule is CCC(=O)c1ccc(OCC(=O)OCC(=O)/C=C2/N(C)c3ccccc3C2(C)C)cc1. The Hall–Kier alpha value is -3.41. The normalized spacial score (nSPS) is 15.5. The molecule has 0 aromatic heterocycles. The molecule has 1 aliphatic rings. The topological polar surface area (TPSA) is 72.9 Å². The fourth-order valence-corrected chi connectivity index (χ4v) is 3.73. The van der Waals surface area contributed by atoms with Crippen molar-refractivity contribution in [3.05, 3.63) is 71.4 Å². The predicted octanol–water partition coefficient (Wildman–Crippen LogP) is 4.08. The lowest BCUT2D eigenvalue weighted by Crippen LogP contribution is -2.25. The van der Waals surface area contributed by atoms with Crippen molar-refractivity contribution in [2.45, 2.75) is 32.6 Å². The Balaban J connectivity index is 1.53. The number of para-hydroxylation sites is 1. The molecular formula is C25H27NO5. The van der Waals surface area contributed by atoms with E-state index in [1.165, 1.54) is 6.08 Å². The molecule has 0 amide bonds. The van der Waals surface area contributed by atoms with Crippen molar-refractivity contribution in [2.24, 2.45) is 0 Å². The first-order valence-corrected chi connectivity index (χ1v) is 10.2. The lowest BCUT2D eigenvalue weighted by atomic mass is 9.83. The first kappa shape index (κ1) is 22.3. The molecule has 0 aliphatic carbocycles. The quantitative estimate of drug-likeness (QED) is 0.363. The van der Waals surface area contributed by atoms with Gasteiger partial charge in [-0.25, -0.2) is 4.79 Å². The summed E-state index contributed by atoms with van der Waals surface area (Å²) in [5, 5.41) is 0. The molecule has 6 nitrogen and oxygen atoms in total. The number of ether oxygens (including phenoxy) is 2. The number of likely N-dealkylation sites (N-methyl/N-ethyl adjacent to an activating group) is 1. The summed E-state index contributed by atoms with van der Waals surface area (Å²) >= 11 is 0. The van der Waals surface area contributed by atoms with Crippen LogP contribution in [0.15, 0.2) is 60.3 Å². The molecule has 31 heavy (non-hydrogen) atoms. The third-order valence-corrected chi connectivity index (χ3v) is 5.47. The number of esters is 1. The molecule has 0 saturated heterocycles. The highest BCUT2D eigenvalue weighted by molar-refractivity contribution is 5.96. The van der Waals surface area contributed by atoms with Crippen molar-refractivity contribution in [3.63, 3.8) is 0 Å². The average molecular weight is 421 g/mol. The Morgan fingerprint density at radius 3 is 2.32 bits per heavy atom. The van der Waals surface area contributed by atoms with Crippen LogP contribution in [-0.4, -0.2) is 37.8 Å². The van der Waals surface area contributed by atoms with Gasteiger partial charge >= 0.3 is 5.97 Å². The van der Waals surface area contributed by atoms with Crippen molar-refractivity contribution in [1.82, 2.24) is 0 Å². The Labute approximate surface area is 182 Å². The van der Waals surface area contributed by atoms with Gasteiger partial charge in [-0.1, -0.05) is 39.0 Å². The minimum Gasteiger partial charge on any atom is -0.482 e. The van der Waals surface area contributed by atoms with Crippen LogP contribution in [0.25, 0.3) is 0 Å². The molecule has 0 saturated carbocycles. The van der Waals surface area contributed by atoms with Crippen LogP contribution in [0.2, 0.25) is 0 Å². The van der Waals surface area contributed by atoms with Crippen LogP contribution < -0.4 is 9.64 Å². The maximum atomic E-state index is 12.4. The number of fused-ring (bicyclic) bond motifs is 1. The number of nitrogens with zero attached hydrogens (tertiary/aromatic N) is 1. The molecular weight excluding hydrogens is 394 g/mol. The van der Waals surface area contributed by atoms with E-state index >= 15 is 0 Å². The van der Waals surface area contributed by atoms with E-state index in [0.717, 1.165) is 16.9 Å². The van der Waals surface area contributed by atoms with Gasteiger partial charge in [-0.3, -0.25) is 9.59 Å². The fraction of sp³-hybridized carbons (Fsp3) is 0.320. The second-order valence-corrected chi connectivity index (χ2v) is 7.95. The van der Waals surface area contributed by atoms with Crippen molar-refractivity contribution in [1.29, 1.82) is 0 Å². The van der Waals surface area contributed by atoms with Gasteiger partial charge < -0.3 is 14.4 Å². The number of anilines is 1. The number of hydrogen-bond donors (Lipinski definition) is 0. The third-order valence-electron chi connectivity index (χ3n) is 5.47. The number of carbonyl (C=O) groups excluding carboxylic acids is 3. The van der Waals surface area contributed by atoms with E-state index in [0.29, 0.717) is 17.7 Å². The molecule has 2 aromatic rings. The zero-order valence-electron chi connectivity index (χ0n) is 18.3. The van der Waals surface area contributed by atoms with E-state index in [4.69, 9.17) is 9.47 Å². The summed E-state index contributed by atoms with van der Waals surface area (Å²) in [5.41, 5.74) is 3.34. The smallest absolute Gasteiger partial charge is 0.344 e. The highest BCUT2D eigenvalue weighted by Crippen LogP contribution is 2.46. The zero-order valence-corrected chi connectivity index (χ0v) is 18.3. The molecule has 0 N–H and O–H groups in total. The van der Waals surface area contributed by atoms with Gasteiger partial charge in [0, 0.05) is 41.9 Å². The van der Waals surface area contributed by atoms with Gasteiger partial charge in [0.2, 0.25) is 0 Å². The summed E-state index contributed by atoms with van der Waals surface area (Å²) in [7, 11) is 1.92. The monoisotopic (exact) mass is 421 g/mol. The molecule has 0 bridgehead atoms. The summed E-state index contributed by atoms with van der Waals surface area (Å²) in [6.45, 7) is 5.25. The van der Waals surface area contributed by atoms with Crippen molar-refractivity contribution in [2.75, 3.05) is 25.2 Å². The number of Topliss-reactive ketones (excluding diaryl/α,β-unsaturated/α-hetero) is 1. The summed E-state index contributed by atoms with van der Waals surface area (Å²) in [6.07, 6.45) is 1.97. The van der Waals surface area contributed by atoms with E-state index < -0.39 is 5.97 Å². The molecule has 0 fully saturated rings. The summed E-state index contributed by atoms with van der Waals surface area (Å²) in [4.78, 5) is 38.0. The van der Waals surface area contributed by atoms with Gasteiger partial charge in [0.05, 0.1) is 0 Å². The molecule has 2 aromatic carbocycles. The second kappa shape index (κ2) is 9.16. The lowest BCUT2D eigenvalue weighted by Gasteiger charge is -2.23. The number of rotatable bonds is 8. The van der Waals surface area contributed by atoms with Crippen LogP contribution in [0.5, 0.6) is 5.75 Å². The van der Waals surface area contributed by atoms with Gasteiger partial charge in [0.25, 0.3) is 0 Å². The third kappa shape index (κ3) is 4.85. The molecule has 1 aliphatic heterocycles. The van der Waals surface area contributed by atoms with Crippen LogP contribution in [0.4, 0.5) is 5.69 Å². The summed E-state index contributed by atoms with van der Waals surface area (Å²) < 4.78 is 10.4. The minimum atomic E-state index is -0.636. The van der Waals surface area contributed by atoms with Crippen LogP contribution in [-0.2, 0) is 19.7 Å². The standard InChI is InChI=1S/C25H27NO5/c1-5-22(28)17-10-12-19(13-11-17)30-16-24(29)31-15-18(27)14-23-25(2,3)20-8-6-7-9-21(20)26(23)4/h6-14H,5,15-16H2,1-4H3/b23-14+. The van der Waals surface area contributed by atoms with E-state index in [1.807, 2.05) is 30.1 Å². The Kier molecular flexibility index (Phi) is 6.59. The molecule has 0 atom stereocenters. The second-order valence-electron chi connectivity index (χ2n) is 7.95. The van der Waals surface area contributed by atoms with Gasteiger partial charge in [0.1, 0.15) is 5.75 Å².